The van der Waals surface area contributed by atoms with Gasteiger partial charge >= 0.3 is 0 Å². The van der Waals surface area contributed by atoms with Crippen LogP contribution in [0.2, 0.25) is 0 Å². The number of furan rings is 1. The molecule has 0 fully saturated rings. The zero-order valence-corrected chi connectivity index (χ0v) is 23.5. The predicted octanol–water partition coefficient (Wildman–Crippen LogP) is 3.61. The van der Waals surface area contributed by atoms with Crippen molar-refractivity contribution >= 4 is 59.9 Å². The average molecular weight is 599 g/mol. The van der Waals surface area contributed by atoms with Gasteiger partial charge in [-0.15, -0.1) is 10.2 Å². The van der Waals surface area contributed by atoms with Gasteiger partial charge in [0.25, 0.3) is 15.9 Å². The molecule has 4 aromatic rings. The van der Waals surface area contributed by atoms with Gasteiger partial charge < -0.3 is 4.42 Å². The van der Waals surface area contributed by atoms with Gasteiger partial charge in [0.2, 0.25) is 15.2 Å². The van der Waals surface area contributed by atoms with Crippen LogP contribution in [0.15, 0.2) is 85.5 Å². The highest BCUT2D eigenvalue weighted by atomic mass is 32.2. The first-order chi connectivity index (χ1) is 18.9. The van der Waals surface area contributed by atoms with Gasteiger partial charge in [-0.05, 0) is 80.1 Å². The molecule has 0 saturated heterocycles. The standard InChI is InChI=1S/C25H22N6O6S3/c1-3-23-27-28-25(38-23)30-40(35,36)20-9-4-16(5-10-20)22-13-8-18(37-22)14-21-15(2)29-31(24(21)32)17-6-11-19(12-7-17)39(26,33)34/h4-14H,3H2,1-2H3,(H,28,30)(H2,26,33,34)/b21-14-. The van der Waals surface area contributed by atoms with E-state index in [0.717, 1.165) is 10.0 Å². The number of carbonyl (C=O) groups excluding carboxylic acids is 1. The lowest BCUT2D eigenvalue weighted by Crippen LogP contribution is -2.21. The molecule has 0 radical (unpaired) electrons. The third kappa shape index (κ3) is 5.58. The van der Waals surface area contributed by atoms with E-state index in [1.54, 1.807) is 37.3 Å². The maximum absolute atomic E-state index is 13.0. The molecule has 40 heavy (non-hydrogen) atoms. The Bertz CT molecular complexity index is 1870. The maximum Gasteiger partial charge on any atom is 0.280 e. The molecule has 0 aliphatic carbocycles. The molecule has 5 rings (SSSR count). The second kappa shape index (κ2) is 10.4. The number of hydrazone groups is 1. The third-order valence-electron chi connectivity index (χ3n) is 5.83. The minimum Gasteiger partial charge on any atom is -0.457 e. The molecule has 0 saturated carbocycles. The number of carbonyl (C=O) groups is 1. The Labute approximate surface area is 234 Å². The van der Waals surface area contributed by atoms with E-state index in [4.69, 9.17) is 9.56 Å². The van der Waals surface area contributed by atoms with Gasteiger partial charge in [0.1, 0.15) is 16.5 Å². The summed E-state index contributed by atoms with van der Waals surface area (Å²) >= 11 is 1.18. The molecule has 3 heterocycles. The number of nitrogens with zero attached hydrogens (tertiary/aromatic N) is 4. The number of benzene rings is 2. The zero-order valence-electron chi connectivity index (χ0n) is 21.1. The van der Waals surface area contributed by atoms with Crippen LogP contribution in [-0.2, 0) is 31.3 Å². The molecule has 0 spiro atoms. The minimum atomic E-state index is -3.86. The molecule has 1 aliphatic rings. The average Bonchev–Trinajstić information content (AvgIpc) is 3.64. The second-order valence-electron chi connectivity index (χ2n) is 8.59. The van der Waals surface area contributed by atoms with Crippen molar-refractivity contribution in [2.45, 2.75) is 30.1 Å². The quantitative estimate of drug-likeness (QED) is 0.289. The highest BCUT2D eigenvalue weighted by molar-refractivity contribution is 7.93. The molecule has 0 atom stereocenters. The number of amides is 1. The van der Waals surface area contributed by atoms with E-state index in [1.165, 1.54) is 47.7 Å². The summed E-state index contributed by atoms with van der Waals surface area (Å²) < 4.78 is 56.7. The van der Waals surface area contributed by atoms with Crippen LogP contribution in [0.5, 0.6) is 0 Å². The molecule has 2 aromatic heterocycles. The van der Waals surface area contributed by atoms with Gasteiger partial charge in [-0.3, -0.25) is 9.52 Å². The van der Waals surface area contributed by atoms with Crippen molar-refractivity contribution in [1.29, 1.82) is 0 Å². The number of aryl methyl sites for hydroxylation is 1. The number of primary sulfonamides is 1. The van der Waals surface area contributed by atoms with Gasteiger partial charge in [0.15, 0.2) is 0 Å². The molecular weight excluding hydrogens is 577 g/mol. The van der Waals surface area contributed by atoms with Crippen molar-refractivity contribution in [3.05, 3.63) is 77.0 Å². The highest BCUT2D eigenvalue weighted by Gasteiger charge is 2.29. The van der Waals surface area contributed by atoms with E-state index >= 15 is 0 Å². The lowest BCUT2D eigenvalue weighted by molar-refractivity contribution is -0.114. The van der Waals surface area contributed by atoms with Crippen molar-refractivity contribution in [2.24, 2.45) is 10.2 Å². The Morgan fingerprint density at radius 1 is 0.975 bits per heavy atom. The van der Waals surface area contributed by atoms with Crippen LogP contribution in [0.4, 0.5) is 10.8 Å². The highest BCUT2D eigenvalue weighted by Crippen LogP contribution is 2.29. The summed E-state index contributed by atoms with van der Waals surface area (Å²) in [7, 11) is -7.70. The summed E-state index contributed by atoms with van der Waals surface area (Å²) in [6.07, 6.45) is 2.21. The van der Waals surface area contributed by atoms with Gasteiger partial charge in [-0.25, -0.2) is 22.0 Å². The van der Waals surface area contributed by atoms with Crippen LogP contribution in [0.25, 0.3) is 17.4 Å². The van der Waals surface area contributed by atoms with Crippen LogP contribution in [0.1, 0.15) is 24.6 Å². The summed E-state index contributed by atoms with van der Waals surface area (Å²) in [5.41, 5.74) is 1.75. The first-order valence-corrected chi connectivity index (χ1v) is 15.6. The lowest BCUT2D eigenvalue weighted by atomic mass is 10.1. The largest absolute Gasteiger partial charge is 0.457 e. The monoisotopic (exact) mass is 598 g/mol. The van der Waals surface area contributed by atoms with Gasteiger partial charge in [-0.1, -0.05) is 18.3 Å². The number of nitrogens with one attached hydrogen (secondary N) is 1. The Kier molecular flexibility index (Phi) is 7.14. The molecule has 15 heteroatoms. The van der Waals surface area contributed by atoms with Gasteiger partial charge in [0, 0.05) is 5.56 Å². The molecular formula is C25H22N6O6S3. The van der Waals surface area contributed by atoms with Crippen LogP contribution in [-0.4, -0.2) is 38.7 Å². The number of hydrogen-bond donors (Lipinski definition) is 2. The summed E-state index contributed by atoms with van der Waals surface area (Å²) in [6, 6.07) is 15.0. The Hall–Kier alpha value is -4.18. The summed E-state index contributed by atoms with van der Waals surface area (Å²) in [4.78, 5) is 13.0. The molecule has 0 unspecified atom stereocenters. The molecule has 3 N–H and O–H groups in total. The number of nitrogens with two attached hydrogens (primary N) is 1. The second-order valence-corrected chi connectivity index (χ2v) is 12.9. The Morgan fingerprint density at radius 3 is 2.27 bits per heavy atom. The summed E-state index contributed by atoms with van der Waals surface area (Å²) in [6.45, 7) is 3.58. The molecule has 1 aliphatic heterocycles. The topological polar surface area (TPSA) is 178 Å². The summed E-state index contributed by atoms with van der Waals surface area (Å²) in [5.74, 6) is 0.444. The van der Waals surface area contributed by atoms with E-state index in [1.807, 2.05) is 6.92 Å². The normalized spacial score (nSPS) is 15.1. The molecule has 1 amide bonds. The van der Waals surface area contributed by atoms with E-state index in [0.29, 0.717) is 40.5 Å². The third-order valence-corrected chi connectivity index (χ3v) is 9.22. The van der Waals surface area contributed by atoms with Crippen molar-refractivity contribution in [3.63, 3.8) is 0 Å². The van der Waals surface area contributed by atoms with Crippen LogP contribution < -0.4 is 14.9 Å². The van der Waals surface area contributed by atoms with Crippen LogP contribution in [0.3, 0.4) is 0 Å². The van der Waals surface area contributed by atoms with E-state index < -0.39 is 26.0 Å². The van der Waals surface area contributed by atoms with Crippen molar-refractivity contribution in [2.75, 3.05) is 9.73 Å². The van der Waals surface area contributed by atoms with E-state index in [9.17, 15) is 21.6 Å². The molecule has 0 bridgehead atoms. The van der Waals surface area contributed by atoms with Gasteiger partial charge in [0.05, 0.1) is 26.8 Å². The zero-order chi connectivity index (χ0) is 28.7. The molecule has 2 aromatic carbocycles. The SMILES string of the molecule is CCc1nnc(NS(=O)(=O)c2ccc(-c3ccc(/C=C4\C(=O)N(c5ccc(S(N)(=O)=O)cc5)N=C4C)o3)cc2)s1. The fraction of sp³-hybridized carbons (Fsp3) is 0.120. The van der Waals surface area contributed by atoms with Crippen molar-refractivity contribution < 1.29 is 26.0 Å². The van der Waals surface area contributed by atoms with Crippen LogP contribution >= 0.6 is 11.3 Å². The maximum atomic E-state index is 13.0. The number of hydrogen-bond acceptors (Lipinski definition) is 10. The first-order valence-electron chi connectivity index (χ1n) is 11.7. The van der Waals surface area contributed by atoms with E-state index in [2.05, 4.69) is 20.0 Å². The van der Waals surface area contributed by atoms with Crippen molar-refractivity contribution in [3.8, 4) is 11.3 Å². The fourth-order valence-electron chi connectivity index (χ4n) is 3.77. The first kappa shape index (κ1) is 27.4. The van der Waals surface area contributed by atoms with Crippen molar-refractivity contribution in [1.82, 2.24) is 10.2 Å². The Morgan fingerprint density at radius 2 is 1.65 bits per heavy atom. The van der Waals surface area contributed by atoms with Gasteiger partial charge in [-0.2, -0.15) is 10.1 Å². The minimum absolute atomic E-state index is 0.0546. The smallest absolute Gasteiger partial charge is 0.280 e. The lowest BCUT2D eigenvalue weighted by Gasteiger charge is -2.11. The fourth-order valence-corrected chi connectivity index (χ4v) is 6.20. The number of anilines is 2. The number of aromatic nitrogens is 2. The predicted molar refractivity (Wildman–Crippen MR) is 151 cm³/mol. The number of sulfonamides is 2. The van der Waals surface area contributed by atoms with E-state index in [-0.39, 0.29) is 14.9 Å². The summed E-state index contributed by atoms with van der Waals surface area (Å²) in [5, 5.41) is 19.3. The van der Waals surface area contributed by atoms with Crippen LogP contribution in [0, 0.1) is 0 Å². The molecule has 12 nitrogen and oxygen atoms in total. The Balaban J connectivity index is 1.31. The number of rotatable bonds is 8. The molecule has 206 valence electrons.